The first-order valence-electron chi connectivity index (χ1n) is 13.0. The molecule has 5 heterocycles. The Kier molecular flexibility index (Phi) is 6.73. The van der Waals surface area contributed by atoms with Crippen LogP contribution in [0.15, 0.2) is 59.8 Å². The Labute approximate surface area is 230 Å². The Morgan fingerprint density at radius 3 is 2.85 bits per heavy atom. The van der Waals surface area contributed by atoms with E-state index in [2.05, 4.69) is 32.5 Å². The summed E-state index contributed by atoms with van der Waals surface area (Å²) in [6, 6.07) is 8.87. The number of ether oxygens (including phenoxy) is 1. The van der Waals surface area contributed by atoms with Crippen molar-refractivity contribution in [3.05, 3.63) is 65.5 Å². The van der Waals surface area contributed by atoms with Gasteiger partial charge in [-0.15, -0.1) is 0 Å². The summed E-state index contributed by atoms with van der Waals surface area (Å²) in [5.74, 6) is 0.172. The lowest BCUT2D eigenvalue weighted by Crippen LogP contribution is -2.62. The van der Waals surface area contributed by atoms with Gasteiger partial charge in [0, 0.05) is 30.7 Å². The lowest BCUT2D eigenvalue weighted by atomic mass is 9.86. The van der Waals surface area contributed by atoms with Crippen molar-refractivity contribution in [3.8, 4) is 11.8 Å². The second-order valence-electron chi connectivity index (χ2n) is 9.90. The highest BCUT2D eigenvalue weighted by Crippen LogP contribution is 2.48. The molecule has 4 amide bonds. The van der Waals surface area contributed by atoms with Gasteiger partial charge in [0.05, 0.1) is 33.9 Å². The summed E-state index contributed by atoms with van der Waals surface area (Å²) in [5.41, 5.74) is 1.89. The first-order chi connectivity index (χ1) is 18.9. The van der Waals surface area contributed by atoms with Crippen LogP contribution in [0.2, 0.25) is 0 Å². The second kappa shape index (κ2) is 10.3. The number of aromatic nitrogens is 2. The van der Waals surface area contributed by atoms with Crippen LogP contribution in [0.3, 0.4) is 0 Å². The third-order valence-corrected chi connectivity index (χ3v) is 8.86. The third-order valence-electron chi connectivity index (χ3n) is 7.50. The highest BCUT2D eigenvalue weighted by atomic mass is 32.2. The topological polar surface area (TPSA) is 129 Å². The molecule has 0 bridgehead atoms. The number of nitrogens with zero attached hydrogens (tertiary/aromatic N) is 4. The van der Waals surface area contributed by atoms with Crippen molar-refractivity contribution in [1.29, 1.82) is 0 Å². The molecule has 1 aromatic carbocycles. The molecule has 3 saturated heterocycles. The number of nitrogens with one attached hydrogen (secondary N) is 3. The summed E-state index contributed by atoms with van der Waals surface area (Å²) in [4.78, 5) is 51.6. The van der Waals surface area contributed by atoms with Crippen LogP contribution in [0.5, 0.6) is 11.8 Å². The molecule has 0 spiro atoms. The molecule has 4 aliphatic rings. The van der Waals surface area contributed by atoms with Crippen molar-refractivity contribution in [3.63, 3.8) is 0 Å². The number of piperidine rings is 1. The van der Waals surface area contributed by atoms with Gasteiger partial charge in [-0.1, -0.05) is 36.5 Å². The van der Waals surface area contributed by atoms with Crippen LogP contribution in [0, 0.1) is 12.8 Å². The lowest BCUT2D eigenvalue weighted by molar-refractivity contribution is -0.125. The number of hydrogen-bond acceptors (Lipinski definition) is 8. The zero-order chi connectivity index (χ0) is 27.1. The van der Waals surface area contributed by atoms with E-state index in [0.29, 0.717) is 53.8 Å². The number of benzene rings is 1. The van der Waals surface area contributed by atoms with Crippen LogP contribution in [-0.2, 0) is 9.59 Å². The first-order valence-corrected chi connectivity index (χ1v) is 13.8. The highest BCUT2D eigenvalue weighted by molar-refractivity contribution is 8.04. The number of carbonyl (C=O) groups is 3. The average Bonchev–Trinajstić information content (AvgIpc) is 3.55. The molecule has 1 aromatic heterocycles. The molecule has 4 aliphatic heterocycles. The van der Waals surface area contributed by atoms with Crippen LogP contribution in [0.25, 0.3) is 0 Å². The number of rotatable bonds is 6. The van der Waals surface area contributed by atoms with Gasteiger partial charge in [-0.3, -0.25) is 14.5 Å². The fourth-order valence-corrected chi connectivity index (χ4v) is 7.08. The zero-order valence-corrected chi connectivity index (χ0v) is 22.2. The maximum absolute atomic E-state index is 13.5. The standard InChI is InChI=1S/C27H29N7O4S/c1-3-20(35)33-12-10-16(14-33)31-24(36)23-22-21-18(9-11-28-25(21)39-23)34(27(37)32-22)19-13-29-26(30-15(19)2)38-17-7-5-4-6-8-17/h3-8,13,16,18,21,25,28H,1,9-12,14H2,2H3,(H,31,36)(H,32,37)/t16-,18?,21?,25?/m1/s1. The maximum atomic E-state index is 13.5. The number of amides is 4. The molecule has 3 N–H and O–H groups in total. The molecule has 202 valence electrons. The van der Waals surface area contributed by atoms with Crippen molar-refractivity contribution < 1.29 is 19.1 Å². The van der Waals surface area contributed by atoms with Crippen molar-refractivity contribution >= 4 is 35.3 Å². The molecule has 3 fully saturated rings. The van der Waals surface area contributed by atoms with Gasteiger partial charge in [-0.05, 0) is 44.5 Å². The number of carbonyl (C=O) groups excluding carboxylic acids is 3. The van der Waals surface area contributed by atoms with Gasteiger partial charge >= 0.3 is 12.0 Å². The molecular formula is C27H29N7O4S. The fraction of sp³-hybridized carbons (Fsp3) is 0.370. The maximum Gasteiger partial charge on any atom is 0.326 e. The minimum absolute atomic E-state index is 0.0491. The largest absolute Gasteiger partial charge is 0.424 e. The number of aryl methyl sites for hydroxylation is 1. The summed E-state index contributed by atoms with van der Waals surface area (Å²) in [5, 5.41) is 9.53. The third kappa shape index (κ3) is 4.74. The minimum Gasteiger partial charge on any atom is -0.424 e. The van der Waals surface area contributed by atoms with Crippen LogP contribution in [-0.4, -0.2) is 69.8 Å². The SMILES string of the molecule is C=CC(=O)N1CC[C@@H](NC(=O)C2=C3NC(=O)N(c4cnc(Oc5ccccc5)nc4C)C4CCNC(S2)C34)C1. The van der Waals surface area contributed by atoms with E-state index in [4.69, 9.17) is 4.74 Å². The predicted octanol–water partition coefficient (Wildman–Crippen LogP) is 2.27. The van der Waals surface area contributed by atoms with E-state index in [-0.39, 0.29) is 47.2 Å². The predicted molar refractivity (Wildman–Crippen MR) is 146 cm³/mol. The van der Waals surface area contributed by atoms with E-state index in [9.17, 15) is 14.4 Å². The minimum atomic E-state index is -0.313. The molecular weight excluding hydrogens is 518 g/mol. The van der Waals surface area contributed by atoms with Crippen molar-refractivity contribution in [2.24, 2.45) is 5.92 Å². The van der Waals surface area contributed by atoms with Crippen molar-refractivity contribution in [2.75, 3.05) is 24.5 Å². The van der Waals surface area contributed by atoms with Gasteiger partial charge in [-0.25, -0.2) is 9.78 Å². The van der Waals surface area contributed by atoms with Crippen LogP contribution < -0.4 is 25.6 Å². The number of hydrogen-bond donors (Lipinski definition) is 3. The molecule has 2 aromatic rings. The summed E-state index contributed by atoms with van der Waals surface area (Å²) in [6.07, 6.45) is 4.31. The highest BCUT2D eigenvalue weighted by Gasteiger charge is 2.52. The number of thioether (sulfide) groups is 1. The average molecular weight is 548 g/mol. The molecule has 3 unspecified atom stereocenters. The normalized spacial score (nSPS) is 25.7. The summed E-state index contributed by atoms with van der Waals surface area (Å²) in [7, 11) is 0. The van der Waals surface area contributed by atoms with E-state index >= 15 is 0 Å². The Balaban J connectivity index is 1.22. The number of para-hydroxylation sites is 1. The Morgan fingerprint density at radius 2 is 2.08 bits per heavy atom. The number of likely N-dealkylation sites (tertiary alicyclic amines) is 1. The van der Waals surface area contributed by atoms with E-state index in [1.165, 1.54) is 17.8 Å². The van der Waals surface area contributed by atoms with Crippen molar-refractivity contribution in [1.82, 2.24) is 30.8 Å². The number of urea groups is 1. The van der Waals surface area contributed by atoms with Gasteiger partial charge in [-0.2, -0.15) is 4.98 Å². The van der Waals surface area contributed by atoms with Crippen LogP contribution in [0.1, 0.15) is 18.5 Å². The fourth-order valence-electron chi connectivity index (χ4n) is 5.68. The molecule has 6 rings (SSSR count). The molecule has 39 heavy (non-hydrogen) atoms. The summed E-state index contributed by atoms with van der Waals surface area (Å²) in [6.45, 7) is 7.10. The van der Waals surface area contributed by atoms with Gasteiger partial charge < -0.3 is 25.6 Å². The Bertz CT molecular complexity index is 1370. The van der Waals surface area contributed by atoms with Crippen LogP contribution >= 0.6 is 11.8 Å². The summed E-state index contributed by atoms with van der Waals surface area (Å²) < 4.78 is 5.77. The Morgan fingerprint density at radius 1 is 1.26 bits per heavy atom. The molecule has 12 heteroatoms. The Hall–Kier alpha value is -3.90. The quantitative estimate of drug-likeness (QED) is 0.470. The molecule has 4 atom stereocenters. The van der Waals surface area contributed by atoms with E-state index in [1.54, 1.807) is 16.0 Å². The van der Waals surface area contributed by atoms with Crippen LogP contribution in [0.4, 0.5) is 10.5 Å². The monoisotopic (exact) mass is 547 g/mol. The van der Waals surface area contributed by atoms with Gasteiger partial charge in [0.15, 0.2) is 0 Å². The molecule has 0 saturated carbocycles. The molecule has 0 aliphatic carbocycles. The van der Waals surface area contributed by atoms with E-state index in [1.807, 2.05) is 37.3 Å². The van der Waals surface area contributed by atoms with E-state index in [0.717, 1.165) is 6.42 Å². The van der Waals surface area contributed by atoms with Gasteiger partial charge in [0.1, 0.15) is 5.75 Å². The zero-order valence-electron chi connectivity index (χ0n) is 21.4. The van der Waals surface area contributed by atoms with Crippen molar-refractivity contribution in [2.45, 2.75) is 37.2 Å². The lowest BCUT2D eigenvalue weighted by Gasteiger charge is -2.45. The number of anilines is 1. The first kappa shape index (κ1) is 25.4. The van der Waals surface area contributed by atoms with Gasteiger partial charge in [0.2, 0.25) is 5.91 Å². The molecule has 0 radical (unpaired) electrons. The van der Waals surface area contributed by atoms with E-state index < -0.39 is 0 Å². The molecule has 11 nitrogen and oxygen atoms in total. The summed E-state index contributed by atoms with van der Waals surface area (Å²) >= 11 is 1.45. The smallest absolute Gasteiger partial charge is 0.326 e. The second-order valence-corrected chi connectivity index (χ2v) is 11.1. The van der Waals surface area contributed by atoms with Gasteiger partial charge in [0.25, 0.3) is 5.91 Å².